The zero-order chi connectivity index (χ0) is 21.8. The molecule has 0 saturated heterocycles. The van der Waals surface area contributed by atoms with Crippen molar-refractivity contribution < 1.29 is 0 Å². The van der Waals surface area contributed by atoms with E-state index in [9.17, 15) is 0 Å². The van der Waals surface area contributed by atoms with Crippen molar-refractivity contribution in [2.45, 2.75) is 0 Å². The molecule has 0 amide bonds. The summed E-state index contributed by atoms with van der Waals surface area (Å²) in [4.78, 5) is 0. The molecule has 0 aromatic heterocycles. The van der Waals surface area contributed by atoms with Gasteiger partial charge in [-0.25, -0.2) is 0 Å². The molecule has 0 fully saturated rings. The van der Waals surface area contributed by atoms with E-state index < -0.39 is 8.24 Å². The van der Waals surface area contributed by atoms with Crippen LogP contribution < -0.4 is 21.0 Å². The molecular weight excluding hydrogens is 402 g/mol. The van der Waals surface area contributed by atoms with Crippen LogP contribution in [0.25, 0.3) is 22.3 Å². The molecule has 154 valence electrons. The molecule has 0 aliphatic heterocycles. The van der Waals surface area contributed by atoms with Gasteiger partial charge in [-0.05, 0) is 37.8 Å². The molecule has 0 aliphatic rings. The van der Waals surface area contributed by atoms with Gasteiger partial charge in [0.2, 0.25) is 8.24 Å². The van der Waals surface area contributed by atoms with Gasteiger partial charge in [-0.15, -0.1) is 0 Å². The van der Waals surface area contributed by atoms with Crippen LogP contribution in [0.15, 0.2) is 140 Å². The maximum absolute atomic E-state index is 7.59. The van der Waals surface area contributed by atoms with Crippen molar-refractivity contribution in [1.29, 1.82) is 0 Å². The van der Waals surface area contributed by atoms with E-state index in [1.807, 2.05) is 0 Å². The van der Waals surface area contributed by atoms with Crippen LogP contribution in [0.1, 0.15) is 0 Å². The zero-order valence-corrected chi connectivity index (χ0v) is 18.9. The summed E-state index contributed by atoms with van der Waals surface area (Å²) < 4.78 is 0. The van der Waals surface area contributed by atoms with Crippen molar-refractivity contribution in [2.24, 2.45) is 5.40 Å². The largest absolute Gasteiger partial charge is 0.340 e. The van der Waals surface area contributed by atoms with Crippen LogP contribution in [0, 0.1) is 0 Å². The SMILES string of the molecule is N[Si](c1ccccc1)(c1ccccc1)c1cccc(-c2ccccc2)c1-c1ccccc1. The second kappa shape index (κ2) is 8.79. The van der Waals surface area contributed by atoms with Gasteiger partial charge in [0.05, 0.1) is 0 Å². The van der Waals surface area contributed by atoms with E-state index >= 15 is 0 Å². The van der Waals surface area contributed by atoms with Gasteiger partial charge in [-0.3, -0.25) is 0 Å². The van der Waals surface area contributed by atoms with E-state index in [1.54, 1.807) is 0 Å². The molecule has 0 spiro atoms. The molecule has 2 N–H and O–H groups in total. The third-order valence-electron chi connectivity index (χ3n) is 6.09. The summed E-state index contributed by atoms with van der Waals surface area (Å²) in [6.07, 6.45) is 0. The Kier molecular flexibility index (Phi) is 5.55. The fourth-order valence-corrected chi connectivity index (χ4v) is 7.96. The van der Waals surface area contributed by atoms with Gasteiger partial charge in [-0.2, -0.15) is 0 Å². The predicted octanol–water partition coefficient (Wildman–Crippen LogP) is 4.95. The lowest BCUT2D eigenvalue weighted by molar-refractivity contribution is 1.57. The average Bonchev–Trinajstić information content (AvgIpc) is 2.90. The Hall–Kier alpha value is -3.72. The Balaban J connectivity index is 1.88. The van der Waals surface area contributed by atoms with Crippen molar-refractivity contribution in [3.63, 3.8) is 0 Å². The van der Waals surface area contributed by atoms with Crippen LogP contribution in [0.3, 0.4) is 0 Å². The highest BCUT2D eigenvalue weighted by molar-refractivity contribution is 7.10. The minimum absolute atomic E-state index is 1.19. The number of benzene rings is 5. The van der Waals surface area contributed by atoms with Crippen LogP contribution >= 0.6 is 0 Å². The lowest BCUT2D eigenvalue weighted by Crippen LogP contribution is -2.74. The molecule has 0 atom stereocenters. The lowest BCUT2D eigenvalue weighted by Gasteiger charge is -2.32. The summed E-state index contributed by atoms with van der Waals surface area (Å²) in [5.74, 6) is 0. The molecule has 5 aromatic rings. The Morgan fingerprint density at radius 3 is 1.34 bits per heavy atom. The molecule has 32 heavy (non-hydrogen) atoms. The van der Waals surface area contributed by atoms with Crippen molar-refractivity contribution >= 4 is 23.8 Å². The van der Waals surface area contributed by atoms with Crippen LogP contribution in [0.4, 0.5) is 0 Å². The van der Waals surface area contributed by atoms with Gasteiger partial charge in [-0.1, -0.05) is 140 Å². The van der Waals surface area contributed by atoms with Crippen LogP contribution in [0.2, 0.25) is 0 Å². The molecule has 0 saturated carbocycles. The van der Waals surface area contributed by atoms with Crippen LogP contribution in [-0.2, 0) is 0 Å². The number of hydrogen-bond donors (Lipinski definition) is 1. The van der Waals surface area contributed by atoms with Crippen molar-refractivity contribution in [1.82, 2.24) is 0 Å². The summed E-state index contributed by atoms with van der Waals surface area (Å²) in [7, 11) is -2.77. The van der Waals surface area contributed by atoms with Crippen molar-refractivity contribution in [2.75, 3.05) is 0 Å². The molecule has 0 aliphatic carbocycles. The average molecular weight is 428 g/mol. The summed E-state index contributed by atoms with van der Waals surface area (Å²) >= 11 is 0. The zero-order valence-electron chi connectivity index (χ0n) is 17.9. The third kappa shape index (κ3) is 3.60. The minimum Gasteiger partial charge on any atom is -0.340 e. The predicted molar refractivity (Wildman–Crippen MR) is 139 cm³/mol. The first kappa shape index (κ1) is 20.2. The summed E-state index contributed by atoms with van der Waals surface area (Å²) in [6.45, 7) is 0. The second-order valence-corrected chi connectivity index (χ2v) is 11.3. The highest BCUT2D eigenvalue weighted by Gasteiger charge is 2.38. The fraction of sp³-hybridized carbons (Fsp3) is 0. The first-order valence-corrected chi connectivity index (χ1v) is 13.0. The van der Waals surface area contributed by atoms with E-state index in [1.165, 1.54) is 37.8 Å². The first-order chi connectivity index (χ1) is 15.8. The lowest BCUT2D eigenvalue weighted by atomic mass is 9.94. The Labute approximate surface area is 190 Å². The maximum atomic E-state index is 7.59. The highest BCUT2D eigenvalue weighted by Crippen LogP contribution is 2.31. The molecule has 5 aromatic carbocycles. The summed E-state index contributed by atoms with van der Waals surface area (Å²) in [5, 5.41) is 11.2. The number of nitrogens with two attached hydrogens (primary N) is 1. The van der Waals surface area contributed by atoms with Gasteiger partial charge in [0.1, 0.15) is 0 Å². The van der Waals surface area contributed by atoms with Gasteiger partial charge in [0.25, 0.3) is 0 Å². The molecular formula is C30H25NSi. The smallest absolute Gasteiger partial charge is 0.220 e. The molecule has 0 heterocycles. The Morgan fingerprint density at radius 1 is 0.406 bits per heavy atom. The van der Waals surface area contributed by atoms with Gasteiger partial charge < -0.3 is 5.40 Å². The fourth-order valence-electron chi connectivity index (χ4n) is 4.53. The first-order valence-electron chi connectivity index (χ1n) is 10.9. The van der Waals surface area contributed by atoms with E-state index in [2.05, 4.69) is 140 Å². The molecule has 0 unspecified atom stereocenters. The molecule has 1 nitrogen and oxygen atoms in total. The van der Waals surface area contributed by atoms with Crippen molar-refractivity contribution in [3.8, 4) is 22.3 Å². The molecule has 0 bridgehead atoms. The molecule has 0 radical (unpaired) electrons. The summed E-state index contributed by atoms with van der Waals surface area (Å²) in [5.41, 5.74) is 4.83. The van der Waals surface area contributed by atoms with Gasteiger partial charge in [0.15, 0.2) is 0 Å². The number of hydrogen-bond acceptors (Lipinski definition) is 1. The minimum atomic E-state index is -2.77. The van der Waals surface area contributed by atoms with E-state index in [4.69, 9.17) is 5.40 Å². The van der Waals surface area contributed by atoms with Crippen molar-refractivity contribution in [3.05, 3.63) is 140 Å². The quantitative estimate of drug-likeness (QED) is 0.312. The van der Waals surface area contributed by atoms with Crippen LogP contribution in [0.5, 0.6) is 0 Å². The monoisotopic (exact) mass is 427 g/mol. The topological polar surface area (TPSA) is 26.0 Å². The second-order valence-electron chi connectivity index (χ2n) is 8.00. The summed E-state index contributed by atoms with van der Waals surface area (Å²) in [6, 6.07) is 49.1. The van der Waals surface area contributed by atoms with E-state index in [-0.39, 0.29) is 0 Å². The number of rotatable bonds is 5. The Morgan fingerprint density at radius 2 is 0.844 bits per heavy atom. The molecule has 5 rings (SSSR count). The van der Waals surface area contributed by atoms with E-state index in [0.717, 1.165) is 0 Å². The van der Waals surface area contributed by atoms with Gasteiger partial charge >= 0.3 is 0 Å². The third-order valence-corrected chi connectivity index (χ3v) is 9.85. The van der Waals surface area contributed by atoms with E-state index in [0.29, 0.717) is 0 Å². The highest BCUT2D eigenvalue weighted by atomic mass is 28.3. The van der Waals surface area contributed by atoms with Crippen LogP contribution in [-0.4, -0.2) is 8.24 Å². The normalized spacial score (nSPS) is 11.3. The van der Waals surface area contributed by atoms with Gasteiger partial charge in [0, 0.05) is 0 Å². The standard InChI is InChI=1S/C30H25NSi/c31-32(26-18-9-3-10-19-26,27-20-11-4-12-21-27)29-23-13-22-28(24-14-5-1-6-15-24)30(29)25-16-7-2-8-17-25/h1-23H,31H2. The Bertz CT molecular complexity index is 1260. The molecule has 2 heteroatoms. The maximum Gasteiger partial charge on any atom is 0.220 e.